The summed E-state index contributed by atoms with van der Waals surface area (Å²) in [6.45, 7) is 0. The number of nitrogens with two attached hydrogens (primary N) is 1. The first-order valence-electron chi connectivity index (χ1n) is 6.46. The molecule has 0 unspecified atom stereocenters. The molecule has 0 saturated heterocycles. The predicted molar refractivity (Wildman–Crippen MR) is 73.1 cm³/mol. The zero-order chi connectivity index (χ0) is 13.1. The number of benzene rings is 1. The van der Waals surface area contributed by atoms with Crippen molar-refractivity contribution in [3.8, 4) is 0 Å². The fourth-order valence-corrected chi connectivity index (χ4v) is 2.71. The molecule has 4 nitrogen and oxygen atoms in total. The molecule has 1 fully saturated rings. The Hall–Kier alpha value is -1.71. The van der Waals surface area contributed by atoms with Crippen LogP contribution in [0.15, 0.2) is 18.2 Å². The lowest BCUT2D eigenvalue weighted by atomic mass is 9.94. The summed E-state index contributed by atoms with van der Waals surface area (Å²) >= 11 is 0. The second kappa shape index (κ2) is 5.29. The van der Waals surface area contributed by atoms with Gasteiger partial charge in [0.2, 0.25) is 0 Å². The Bertz CT molecular complexity index is 439. The quantitative estimate of drug-likeness (QED) is 0.807. The van der Waals surface area contributed by atoms with E-state index in [0.29, 0.717) is 11.7 Å². The smallest absolute Gasteiger partial charge is 0.337 e. The van der Waals surface area contributed by atoms with Gasteiger partial charge in [-0.2, -0.15) is 0 Å². The summed E-state index contributed by atoms with van der Waals surface area (Å²) in [5, 5.41) is 9.08. The molecule has 1 aromatic carbocycles. The molecule has 0 aliphatic heterocycles. The molecule has 4 heteroatoms. The van der Waals surface area contributed by atoms with Crippen LogP contribution in [-0.2, 0) is 0 Å². The Morgan fingerprint density at radius 3 is 2.61 bits per heavy atom. The fourth-order valence-electron chi connectivity index (χ4n) is 2.71. The van der Waals surface area contributed by atoms with E-state index in [9.17, 15) is 4.79 Å². The molecular formula is C14H20N2O2. The van der Waals surface area contributed by atoms with Crippen LogP contribution in [-0.4, -0.2) is 24.2 Å². The van der Waals surface area contributed by atoms with Crippen LogP contribution in [0.2, 0.25) is 0 Å². The van der Waals surface area contributed by atoms with Crippen LogP contribution in [0.3, 0.4) is 0 Å². The zero-order valence-corrected chi connectivity index (χ0v) is 10.7. The van der Waals surface area contributed by atoms with Crippen molar-refractivity contribution in [2.45, 2.75) is 38.1 Å². The van der Waals surface area contributed by atoms with E-state index in [2.05, 4.69) is 4.90 Å². The normalized spacial score (nSPS) is 16.5. The number of hydrogen-bond acceptors (Lipinski definition) is 3. The molecule has 1 aliphatic rings. The van der Waals surface area contributed by atoms with Crippen LogP contribution < -0.4 is 10.6 Å². The molecule has 18 heavy (non-hydrogen) atoms. The maximum atomic E-state index is 11.1. The number of hydrogen-bond donors (Lipinski definition) is 2. The van der Waals surface area contributed by atoms with Crippen molar-refractivity contribution >= 4 is 17.3 Å². The molecule has 0 aromatic heterocycles. The minimum absolute atomic E-state index is 0.190. The van der Waals surface area contributed by atoms with Gasteiger partial charge in [0.1, 0.15) is 0 Å². The number of carboxylic acid groups (broad SMARTS) is 1. The van der Waals surface area contributed by atoms with E-state index in [1.165, 1.54) is 19.3 Å². The van der Waals surface area contributed by atoms with Crippen molar-refractivity contribution in [3.63, 3.8) is 0 Å². The highest BCUT2D eigenvalue weighted by Gasteiger charge is 2.21. The van der Waals surface area contributed by atoms with Gasteiger partial charge in [0.05, 0.1) is 16.9 Å². The van der Waals surface area contributed by atoms with E-state index >= 15 is 0 Å². The van der Waals surface area contributed by atoms with Crippen molar-refractivity contribution in [1.29, 1.82) is 0 Å². The average Bonchev–Trinajstić information content (AvgIpc) is 2.39. The van der Waals surface area contributed by atoms with Crippen molar-refractivity contribution < 1.29 is 9.90 Å². The van der Waals surface area contributed by atoms with Gasteiger partial charge < -0.3 is 15.7 Å². The fraction of sp³-hybridized carbons (Fsp3) is 0.500. The molecule has 0 amide bonds. The third kappa shape index (κ3) is 2.42. The highest BCUT2D eigenvalue weighted by molar-refractivity contribution is 5.97. The summed E-state index contributed by atoms with van der Waals surface area (Å²) < 4.78 is 0. The minimum atomic E-state index is -0.966. The Kier molecular flexibility index (Phi) is 3.75. The summed E-state index contributed by atoms with van der Waals surface area (Å²) in [5.74, 6) is -0.966. The molecule has 98 valence electrons. The molecule has 0 bridgehead atoms. The van der Waals surface area contributed by atoms with E-state index in [0.717, 1.165) is 18.5 Å². The van der Waals surface area contributed by atoms with Gasteiger partial charge in [0.25, 0.3) is 0 Å². The zero-order valence-electron chi connectivity index (χ0n) is 10.7. The first-order chi connectivity index (χ1) is 8.61. The highest BCUT2D eigenvalue weighted by Crippen LogP contribution is 2.31. The summed E-state index contributed by atoms with van der Waals surface area (Å²) in [7, 11) is 2.01. The van der Waals surface area contributed by atoms with Gasteiger partial charge in [-0.3, -0.25) is 0 Å². The molecule has 0 spiro atoms. The largest absolute Gasteiger partial charge is 0.478 e. The van der Waals surface area contributed by atoms with Gasteiger partial charge >= 0.3 is 5.97 Å². The van der Waals surface area contributed by atoms with Gasteiger partial charge in [-0.05, 0) is 25.0 Å². The monoisotopic (exact) mass is 248 g/mol. The van der Waals surface area contributed by atoms with E-state index in [1.807, 2.05) is 13.1 Å². The average molecular weight is 248 g/mol. The number of para-hydroxylation sites is 1. The van der Waals surface area contributed by atoms with E-state index in [1.54, 1.807) is 12.1 Å². The molecule has 1 saturated carbocycles. The van der Waals surface area contributed by atoms with Crippen molar-refractivity contribution in [1.82, 2.24) is 0 Å². The standard InChI is InChI=1S/C14H20N2O2/c1-16(10-6-3-2-4-7-10)12-9-5-8-11(13(12)15)14(17)18/h5,8-10H,2-4,6-7,15H2,1H3,(H,17,18). The molecular weight excluding hydrogens is 228 g/mol. The van der Waals surface area contributed by atoms with Gasteiger partial charge in [-0.15, -0.1) is 0 Å². The maximum Gasteiger partial charge on any atom is 0.337 e. The SMILES string of the molecule is CN(c1cccc(C(=O)O)c1N)C1CCCCC1. The molecule has 0 atom stereocenters. The summed E-state index contributed by atoms with van der Waals surface area (Å²) in [6.07, 6.45) is 6.11. The Morgan fingerprint density at radius 1 is 1.33 bits per heavy atom. The number of nitrogens with zero attached hydrogens (tertiary/aromatic N) is 1. The third-order valence-corrected chi connectivity index (χ3v) is 3.82. The van der Waals surface area contributed by atoms with Gasteiger partial charge in [0.15, 0.2) is 0 Å². The van der Waals surface area contributed by atoms with Crippen molar-refractivity contribution in [2.24, 2.45) is 0 Å². The maximum absolute atomic E-state index is 11.1. The second-order valence-corrected chi connectivity index (χ2v) is 4.95. The van der Waals surface area contributed by atoms with Crippen molar-refractivity contribution in [2.75, 3.05) is 17.7 Å². The minimum Gasteiger partial charge on any atom is -0.478 e. The van der Waals surface area contributed by atoms with E-state index < -0.39 is 5.97 Å². The summed E-state index contributed by atoms with van der Waals surface area (Å²) in [5.41, 5.74) is 7.37. The molecule has 2 rings (SSSR count). The Balaban J connectivity index is 2.26. The van der Waals surface area contributed by atoms with Crippen LogP contribution in [0.4, 0.5) is 11.4 Å². The Labute approximate surface area is 107 Å². The third-order valence-electron chi connectivity index (χ3n) is 3.82. The van der Waals surface area contributed by atoms with E-state index in [-0.39, 0.29) is 5.56 Å². The molecule has 0 radical (unpaired) electrons. The predicted octanol–water partition coefficient (Wildman–Crippen LogP) is 2.74. The number of rotatable bonds is 3. The van der Waals surface area contributed by atoms with Gasteiger partial charge in [-0.25, -0.2) is 4.79 Å². The van der Waals surface area contributed by atoms with Crippen LogP contribution in [0, 0.1) is 0 Å². The highest BCUT2D eigenvalue weighted by atomic mass is 16.4. The summed E-state index contributed by atoms with van der Waals surface area (Å²) in [6, 6.07) is 5.69. The van der Waals surface area contributed by atoms with Crippen LogP contribution in [0.25, 0.3) is 0 Å². The Morgan fingerprint density at radius 2 is 2.00 bits per heavy atom. The lowest BCUT2D eigenvalue weighted by Crippen LogP contribution is -2.34. The number of carbonyl (C=O) groups is 1. The summed E-state index contributed by atoms with van der Waals surface area (Å²) in [4.78, 5) is 13.2. The van der Waals surface area contributed by atoms with Crippen molar-refractivity contribution in [3.05, 3.63) is 23.8 Å². The molecule has 1 aromatic rings. The molecule has 0 heterocycles. The van der Waals surface area contributed by atoms with E-state index in [4.69, 9.17) is 10.8 Å². The number of aromatic carboxylic acids is 1. The lowest BCUT2D eigenvalue weighted by Gasteiger charge is -2.33. The van der Waals surface area contributed by atoms with Crippen LogP contribution in [0.1, 0.15) is 42.5 Å². The first-order valence-corrected chi connectivity index (χ1v) is 6.46. The number of carboxylic acids is 1. The number of nitrogen functional groups attached to an aromatic ring is 1. The first kappa shape index (κ1) is 12.7. The second-order valence-electron chi connectivity index (χ2n) is 4.95. The van der Waals surface area contributed by atoms with Gasteiger partial charge in [-0.1, -0.05) is 25.3 Å². The lowest BCUT2D eigenvalue weighted by molar-refractivity contribution is 0.0698. The van der Waals surface area contributed by atoms with Gasteiger partial charge in [0, 0.05) is 13.1 Å². The van der Waals surface area contributed by atoms with Crippen LogP contribution in [0.5, 0.6) is 0 Å². The molecule has 3 N–H and O–H groups in total. The topological polar surface area (TPSA) is 66.6 Å². The number of anilines is 2. The van der Waals surface area contributed by atoms with Crippen LogP contribution >= 0.6 is 0 Å². The molecule has 1 aliphatic carbocycles.